The van der Waals surface area contributed by atoms with Crippen LogP contribution < -0.4 is 5.32 Å². The van der Waals surface area contributed by atoms with Crippen LogP contribution in [0.25, 0.3) is 0 Å². The molecule has 2 N–H and O–H groups in total. The van der Waals surface area contributed by atoms with Crippen LogP contribution >= 0.6 is 0 Å². The Bertz CT molecular complexity index is 359. The van der Waals surface area contributed by atoms with Crippen LogP contribution in [0.3, 0.4) is 0 Å². The zero-order valence-corrected chi connectivity index (χ0v) is 8.55. The molecule has 1 aromatic rings. The molecule has 1 heterocycles. The number of hydrogen-bond donors (Lipinski definition) is 2. The van der Waals surface area contributed by atoms with Crippen LogP contribution in [0.1, 0.15) is 18.7 Å². The first kappa shape index (κ1) is 10.1. The van der Waals surface area contributed by atoms with E-state index in [0.29, 0.717) is 6.54 Å². The summed E-state index contributed by atoms with van der Waals surface area (Å²) in [7, 11) is 1.84. The lowest BCUT2D eigenvalue weighted by Gasteiger charge is -2.12. The van der Waals surface area contributed by atoms with E-state index >= 15 is 0 Å². The van der Waals surface area contributed by atoms with Crippen molar-refractivity contribution in [1.29, 1.82) is 0 Å². The number of hydrogen-bond acceptors (Lipinski definition) is 4. The van der Waals surface area contributed by atoms with E-state index in [2.05, 4.69) is 15.5 Å². The van der Waals surface area contributed by atoms with Crippen molar-refractivity contribution in [2.45, 2.75) is 25.4 Å². The van der Waals surface area contributed by atoms with Gasteiger partial charge in [-0.05, 0) is 18.8 Å². The zero-order valence-electron chi connectivity index (χ0n) is 8.55. The van der Waals surface area contributed by atoms with E-state index in [1.165, 1.54) is 0 Å². The monoisotopic (exact) mass is 210 g/mol. The summed E-state index contributed by atoms with van der Waals surface area (Å²) in [4.78, 5) is 10.9. The molecule has 6 heteroatoms. The van der Waals surface area contributed by atoms with E-state index in [9.17, 15) is 4.79 Å². The second-order valence-corrected chi connectivity index (χ2v) is 3.89. The molecule has 0 aromatic carbocycles. The van der Waals surface area contributed by atoms with Gasteiger partial charge in [0.1, 0.15) is 18.2 Å². The Labute approximate surface area is 87.3 Å². The van der Waals surface area contributed by atoms with Crippen LogP contribution in [0.15, 0.2) is 6.33 Å². The molecule has 6 nitrogen and oxygen atoms in total. The number of aryl methyl sites for hydroxylation is 1. The average Bonchev–Trinajstić information content (AvgIpc) is 2.92. The molecule has 1 unspecified atom stereocenters. The van der Waals surface area contributed by atoms with E-state index in [0.717, 1.165) is 18.7 Å². The van der Waals surface area contributed by atoms with Gasteiger partial charge in [-0.2, -0.15) is 0 Å². The van der Waals surface area contributed by atoms with Gasteiger partial charge in [0.15, 0.2) is 0 Å². The van der Waals surface area contributed by atoms with E-state index in [4.69, 9.17) is 5.11 Å². The van der Waals surface area contributed by atoms with Crippen LogP contribution in [0.5, 0.6) is 0 Å². The summed E-state index contributed by atoms with van der Waals surface area (Å²) in [5.41, 5.74) is 0. The Morgan fingerprint density at radius 3 is 3.00 bits per heavy atom. The van der Waals surface area contributed by atoms with E-state index in [-0.39, 0.29) is 5.92 Å². The fourth-order valence-corrected chi connectivity index (χ4v) is 1.55. The molecule has 1 atom stereocenters. The van der Waals surface area contributed by atoms with Crippen molar-refractivity contribution >= 4 is 5.97 Å². The summed E-state index contributed by atoms with van der Waals surface area (Å²) < 4.78 is 1.78. The maximum atomic E-state index is 10.9. The van der Waals surface area contributed by atoms with Gasteiger partial charge < -0.3 is 9.67 Å². The molecular weight excluding hydrogens is 196 g/mol. The van der Waals surface area contributed by atoms with E-state index in [1.807, 2.05) is 7.05 Å². The Hall–Kier alpha value is -1.43. The summed E-state index contributed by atoms with van der Waals surface area (Å²) in [5.74, 6) is 0.261. The molecule has 82 valence electrons. The molecule has 0 bridgehead atoms. The molecule has 0 aliphatic heterocycles. The van der Waals surface area contributed by atoms with Gasteiger partial charge in [0.25, 0.3) is 0 Å². The molecule has 15 heavy (non-hydrogen) atoms. The summed E-state index contributed by atoms with van der Waals surface area (Å²) in [6.45, 7) is 0.448. The largest absolute Gasteiger partial charge is 0.480 e. The lowest BCUT2D eigenvalue weighted by Crippen LogP contribution is -2.38. The molecule has 2 rings (SSSR count). The van der Waals surface area contributed by atoms with Gasteiger partial charge in [-0.1, -0.05) is 0 Å². The number of carbonyl (C=O) groups is 1. The Morgan fingerprint density at radius 1 is 1.80 bits per heavy atom. The summed E-state index contributed by atoms with van der Waals surface area (Å²) in [6, 6.07) is -0.443. The maximum Gasteiger partial charge on any atom is 0.320 e. The smallest absolute Gasteiger partial charge is 0.320 e. The Balaban J connectivity index is 1.91. The average molecular weight is 210 g/mol. The lowest BCUT2D eigenvalue weighted by molar-refractivity contribution is -0.140. The minimum Gasteiger partial charge on any atom is -0.480 e. The first-order chi connectivity index (χ1) is 7.18. The normalized spacial score (nSPS) is 17.7. The molecule has 0 spiro atoms. The maximum absolute atomic E-state index is 10.9. The number of aliphatic carboxylic acids is 1. The molecular formula is C9H14N4O2. The standard InChI is InChI=1S/C9H14N4O2/c1-13-5-11-12-7(13)4-10-8(9(14)15)6-2-3-6/h5-6,8,10H,2-4H2,1H3,(H,14,15). The van der Waals surface area contributed by atoms with Crippen molar-refractivity contribution in [3.05, 3.63) is 12.2 Å². The van der Waals surface area contributed by atoms with Gasteiger partial charge in [0, 0.05) is 7.05 Å². The molecule has 1 saturated carbocycles. The number of nitrogens with one attached hydrogen (secondary N) is 1. The third kappa shape index (κ3) is 2.33. The van der Waals surface area contributed by atoms with Gasteiger partial charge >= 0.3 is 5.97 Å². The number of carboxylic acids is 1. The molecule has 0 saturated heterocycles. The fourth-order valence-electron chi connectivity index (χ4n) is 1.55. The predicted molar refractivity (Wildman–Crippen MR) is 52.0 cm³/mol. The van der Waals surface area contributed by atoms with Crippen LogP contribution in [0.2, 0.25) is 0 Å². The molecule has 1 aliphatic rings. The third-order valence-corrected chi connectivity index (χ3v) is 2.64. The molecule has 1 aliphatic carbocycles. The van der Waals surface area contributed by atoms with E-state index < -0.39 is 12.0 Å². The lowest BCUT2D eigenvalue weighted by atomic mass is 10.2. The van der Waals surface area contributed by atoms with Crippen LogP contribution in [-0.4, -0.2) is 31.9 Å². The quantitative estimate of drug-likeness (QED) is 0.701. The highest BCUT2D eigenvalue weighted by Gasteiger charge is 2.35. The minimum absolute atomic E-state index is 0.288. The predicted octanol–water partition coefficient (Wildman–Crippen LogP) is -0.232. The van der Waals surface area contributed by atoms with Gasteiger partial charge in [0.05, 0.1) is 6.54 Å². The first-order valence-corrected chi connectivity index (χ1v) is 4.97. The molecule has 1 fully saturated rings. The number of rotatable bonds is 5. The summed E-state index contributed by atoms with van der Waals surface area (Å²) in [6.07, 6.45) is 3.61. The van der Waals surface area contributed by atoms with E-state index in [1.54, 1.807) is 10.9 Å². The van der Waals surface area contributed by atoms with Crippen molar-refractivity contribution in [2.75, 3.05) is 0 Å². The second kappa shape index (κ2) is 3.98. The van der Waals surface area contributed by atoms with Gasteiger partial charge in [0.2, 0.25) is 0 Å². The highest BCUT2D eigenvalue weighted by molar-refractivity contribution is 5.74. The van der Waals surface area contributed by atoms with Crippen LogP contribution in [0, 0.1) is 5.92 Å². The van der Waals surface area contributed by atoms with Gasteiger partial charge in [-0.15, -0.1) is 10.2 Å². The van der Waals surface area contributed by atoms with Crippen molar-refractivity contribution in [1.82, 2.24) is 20.1 Å². The number of aromatic nitrogens is 3. The fraction of sp³-hybridized carbons (Fsp3) is 0.667. The number of carboxylic acid groups (broad SMARTS) is 1. The van der Waals surface area contributed by atoms with Crippen LogP contribution in [0.4, 0.5) is 0 Å². The SMILES string of the molecule is Cn1cnnc1CNC(C(=O)O)C1CC1. The zero-order chi connectivity index (χ0) is 10.8. The van der Waals surface area contributed by atoms with Crippen molar-refractivity contribution < 1.29 is 9.90 Å². The molecule has 0 radical (unpaired) electrons. The second-order valence-electron chi connectivity index (χ2n) is 3.89. The summed E-state index contributed by atoms with van der Waals surface area (Å²) >= 11 is 0. The highest BCUT2D eigenvalue weighted by Crippen LogP contribution is 2.32. The third-order valence-electron chi connectivity index (χ3n) is 2.64. The first-order valence-electron chi connectivity index (χ1n) is 4.97. The summed E-state index contributed by atoms with van der Waals surface area (Å²) in [5, 5.41) is 19.6. The van der Waals surface area contributed by atoms with Crippen molar-refractivity contribution in [3.8, 4) is 0 Å². The van der Waals surface area contributed by atoms with Crippen LogP contribution in [-0.2, 0) is 18.4 Å². The molecule has 0 amide bonds. The van der Waals surface area contributed by atoms with Gasteiger partial charge in [-0.3, -0.25) is 10.1 Å². The van der Waals surface area contributed by atoms with Crippen molar-refractivity contribution in [2.24, 2.45) is 13.0 Å². The topological polar surface area (TPSA) is 80.0 Å². The Morgan fingerprint density at radius 2 is 2.53 bits per heavy atom. The van der Waals surface area contributed by atoms with Crippen molar-refractivity contribution in [3.63, 3.8) is 0 Å². The minimum atomic E-state index is -0.778. The van der Waals surface area contributed by atoms with Gasteiger partial charge in [-0.25, -0.2) is 0 Å². The highest BCUT2D eigenvalue weighted by atomic mass is 16.4. The number of nitrogens with zero attached hydrogens (tertiary/aromatic N) is 3. The Kier molecular flexibility index (Phi) is 2.68. The molecule has 1 aromatic heterocycles.